The van der Waals surface area contributed by atoms with Crippen molar-refractivity contribution in [1.29, 1.82) is 0 Å². The lowest BCUT2D eigenvalue weighted by atomic mass is 10.1. The molecule has 0 saturated heterocycles. The second-order valence-electron chi connectivity index (χ2n) is 4.83. The zero-order valence-corrected chi connectivity index (χ0v) is 10.1. The van der Waals surface area contributed by atoms with Crippen molar-refractivity contribution in [1.82, 2.24) is 9.55 Å². The highest BCUT2D eigenvalue weighted by molar-refractivity contribution is 6.19. The van der Waals surface area contributed by atoms with Gasteiger partial charge in [-0.1, -0.05) is 6.07 Å². The van der Waals surface area contributed by atoms with Gasteiger partial charge in [0.1, 0.15) is 0 Å². The van der Waals surface area contributed by atoms with Crippen LogP contribution in [0.1, 0.15) is 22.5 Å². The summed E-state index contributed by atoms with van der Waals surface area (Å²) in [5.41, 5.74) is 4.18. The van der Waals surface area contributed by atoms with Crippen LogP contribution in [0.4, 0.5) is 0 Å². The number of aromatic nitrogens is 2. The van der Waals surface area contributed by atoms with Crippen molar-refractivity contribution in [3.05, 3.63) is 41.7 Å². The second-order valence-corrected chi connectivity index (χ2v) is 4.83. The van der Waals surface area contributed by atoms with Crippen molar-refractivity contribution in [2.45, 2.75) is 12.8 Å². The minimum Gasteiger partial charge on any atom is -0.347 e. The first-order valence-electron chi connectivity index (χ1n) is 6.15. The van der Waals surface area contributed by atoms with Crippen LogP contribution >= 0.6 is 0 Å². The lowest BCUT2D eigenvalue weighted by Gasteiger charge is -2.02. The molecule has 0 bridgehead atoms. The number of Topliss-reactive ketones (excluding diaryl/α,β-unsaturated/α-hetero) is 1. The third kappa shape index (κ3) is 1.04. The molecule has 0 atom stereocenters. The van der Waals surface area contributed by atoms with E-state index >= 15 is 0 Å². The van der Waals surface area contributed by atoms with E-state index in [4.69, 9.17) is 0 Å². The third-order valence-corrected chi connectivity index (χ3v) is 3.94. The maximum atomic E-state index is 12.1. The Hall–Kier alpha value is -2.16. The number of carbonyl (C=O) groups excluding carboxylic acids is 1. The third-order valence-electron chi connectivity index (χ3n) is 3.94. The lowest BCUT2D eigenvalue weighted by molar-refractivity contribution is 0.0996. The van der Waals surface area contributed by atoms with Crippen LogP contribution in [0.3, 0.4) is 0 Å². The fourth-order valence-electron chi connectivity index (χ4n) is 3.09. The fourth-order valence-corrected chi connectivity index (χ4v) is 3.09. The Kier molecular flexibility index (Phi) is 1.74. The number of pyridine rings is 1. The summed E-state index contributed by atoms with van der Waals surface area (Å²) in [7, 11) is 2.04. The molecule has 1 aliphatic rings. The van der Waals surface area contributed by atoms with Gasteiger partial charge in [-0.3, -0.25) is 9.78 Å². The van der Waals surface area contributed by atoms with Crippen LogP contribution < -0.4 is 0 Å². The van der Waals surface area contributed by atoms with E-state index in [0.717, 1.165) is 33.8 Å². The molecule has 0 spiro atoms. The first-order valence-corrected chi connectivity index (χ1v) is 6.15. The molecule has 2 heterocycles. The van der Waals surface area contributed by atoms with Crippen molar-refractivity contribution < 1.29 is 4.79 Å². The van der Waals surface area contributed by atoms with Gasteiger partial charge in [-0.15, -0.1) is 0 Å². The van der Waals surface area contributed by atoms with Gasteiger partial charge >= 0.3 is 0 Å². The molecule has 18 heavy (non-hydrogen) atoms. The molecule has 3 nitrogen and oxygen atoms in total. The molecular weight excluding hydrogens is 224 g/mol. The summed E-state index contributed by atoms with van der Waals surface area (Å²) in [6, 6.07) is 8.07. The monoisotopic (exact) mass is 236 g/mol. The van der Waals surface area contributed by atoms with Gasteiger partial charge in [0.15, 0.2) is 5.78 Å². The Labute approximate surface area is 104 Å². The summed E-state index contributed by atoms with van der Waals surface area (Å²) in [5.74, 6) is 0.270. The van der Waals surface area contributed by atoms with Gasteiger partial charge in [0, 0.05) is 47.2 Å². The van der Waals surface area contributed by atoms with Gasteiger partial charge < -0.3 is 4.57 Å². The van der Waals surface area contributed by atoms with E-state index in [-0.39, 0.29) is 5.78 Å². The Morgan fingerprint density at radius 3 is 3.00 bits per heavy atom. The SMILES string of the molecule is Cn1c2c(c3c4cccnc4ccc31)C(=O)CC2. The molecule has 3 aromatic rings. The molecule has 0 radical (unpaired) electrons. The predicted octanol–water partition coefficient (Wildman–Crippen LogP) is 2.86. The summed E-state index contributed by atoms with van der Waals surface area (Å²) in [6.07, 6.45) is 3.30. The van der Waals surface area contributed by atoms with Crippen LogP contribution in [0.5, 0.6) is 0 Å². The molecule has 0 N–H and O–H groups in total. The maximum Gasteiger partial charge on any atom is 0.165 e. The molecule has 0 saturated carbocycles. The quantitative estimate of drug-likeness (QED) is 0.601. The van der Waals surface area contributed by atoms with E-state index < -0.39 is 0 Å². The Balaban J connectivity index is 2.32. The van der Waals surface area contributed by atoms with E-state index in [0.29, 0.717) is 6.42 Å². The molecule has 0 fully saturated rings. The minimum absolute atomic E-state index is 0.270. The van der Waals surface area contributed by atoms with Crippen LogP contribution in [-0.4, -0.2) is 15.3 Å². The average molecular weight is 236 g/mol. The van der Waals surface area contributed by atoms with E-state index in [1.165, 1.54) is 5.69 Å². The smallest absolute Gasteiger partial charge is 0.165 e. The molecule has 0 aliphatic heterocycles. The minimum atomic E-state index is 0.270. The van der Waals surface area contributed by atoms with Gasteiger partial charge in [-0.25, -0.2) is 0 Å². The van der Waals surface area contributed by atoms with E-state index in [9.17, 15) is 4.79 Å². The van der Waals surface area contributed by atoms with Crippen molar-refractivity contribution in [3.63, 3.8) is 0 Å². The van der Waals surface area contributed by atoms with Crippen LogP contribution in [0, 0.1) is 0 Å². The van der Waals surface area contributed by atoms with Crippen molar-refractivity contribution in [3.8, 4) is 0 Å². The average Bonchev–Trinajstić information content (AvgIpc) is 2.91. The number of aryl methyl sites for hydroxylation is 1. The van der Waals surface area contributed by atoms with Gasteiger partial charge in [0.2, 0.25) is 0 Å². The van der Waals surface area contributed by atoms with Crippen LogP contribution in [0.2, 0.25) is 0 Å². The standard InChI is InChI=1S/C15H12N2O/c1-17-11-5-4-10-9(3-2-8-16-10)14(11)15-12(17)6-7-13(15)18/h2-5,8H,6-7H2,1H3. The molecule has 0 amide bonds. The first kappa shape index (κ1) is 9.83. The predicted molar refractivity (Wildman–Crippen MR) is 70.9 cm³/mol. The normalized spacial score (nSPS) is 14.6. The zero-order valence-electron chi connectivity index (χ0n) is 10.1. The highest BCUT2D eigenvalue weighted by Crippen LogP contribution is 2.36. The summed E-state index contributed by atoms with van der Waals surface area (Å²) in [6.45, 7) is 0. The summed E-state index contributed by atoms with van der Waals surface area (Å²) in [4.78, 5) is 16.5. The molecule has 1 aromatic carbocycles. The van der Waals surface area contributed by atoms with E-state index in [1.54, 1.807) is 6.20 Å². The first-order chi connectivity index (χ1) is 8.77. The number of fused-ring (bicyclic) bond motifs is 5. The largest absolute Gasteiger partial charge is 0.347 e. The summed E-state index contributed by atoms with van der Waals surface area (Å²) >= 11 is 0. The molecule has 1 aliphatic carbocycles. The van der Waals surface area contributed by atoms with Crippen LogP contribution in [0.25, 0.3) is 21.8 Å². The fraction of sp³-hybridized carbons (Fsp3) is 0.200. The molecular formula is C15H12N2O. The lowest BCUT2D eigenvalue weighted by Crippen LogP contribution is -1.93. The Bertz CT molecular complexity index is 814. The van der Waals surface area contributed by atoms with E-state index in [1.807, 2.05) is 19.2 Å². The molecule has 0 unspecified atom stereocenters. The molecule has 3 heteroatoms. The highest BCUT2D eigenvalue weighted by atomic mass is 16.1. The number of hydrogen-bond donors (Lipinski definition) is 0. The highest BCUT2D eigenvalue weighted by Gasteiger charge is 2.27. The maximum absolute atomic E-state index is 12.1. The van der Waals surface area contributed by atoms with Gasteiger partial charge in [0.25, 0.3) is 0 Å². The molecule has 4 rings (SSSR count). The number of hydrogen-bond acceptors (Lipinski definition) is 2. The van der Waals surface area contributed by atoms with Gasteiger partial charge in [-0.2, -0.15) is 0 Å². The Morgan fingerprint density at radius 1 is 1.22 bits per heavy atom. The van der Waals surface area contributed by atoms with Gasteiger partial charge in [-0.05, 0) is 24.6 Å². The van der Waals surface area contributed by atoms with Crippen molar-refractivity contribution >= 4 is 27.6 Å². The summed E-state index contributed by atoms with van der Waals surface area (Å²) < 4.78 is 2.15. The topological polar surface area (TPSA) is 34.9 Å². The summed E-state index contributed by atoms with van der Waals surface area (Å²) in [5, 5.41) is 2.17. The van der Waals surface area contributed by atoms with Crippen molar-refractivity contribution in [2.75, 3.05) is 0 Å². The number of nitrogens with zero attached hydrogens (tertiary/aromatic N) is 2. The zero-order chi connectivity index (χ0) is 12.3. The second kappa shape index (κ2) is 3.19. The Morgan fingerprint density at radius 2 is 2.11 bits per heavy atom. The number of ketones is 1. The molecule has 2 aromatic heterocycles. The number of rotatable bonds is 0. The van der Waals surface area contributed by atoms with E-state index in [2.05, 4.69) is 21.7 Å². The number of carbonyl (C=O) groups is 1. The van der Waals surface area contributed by atoms with Crippen LogP contribution in [0.15, 0.2) is 30.5 Å². The van der Waals surface area contributed by atoms with Crippen LogP contribution in [-0.2, 0) is 13.5 Å². The molecule has 88 valence electrons. The van der Waals surface area contributed by atoms with Crippen molar-refractivity contribution in [2.24, 2.45) is 7.05 Å². The van der Waals surface area contributed by atoms with Gasteiger partial charge in [0.05, 0.1) is 5.52 Å². The number of benzene rings is 1.